The SMILES string of the molecule is COC(=O)c1ccccc1NC(=O)CSc1nc2[nH]ncc2c(=O)n1-c1ccc(OC)c(Cl)c1. The lowest BCUT2D eigenvalue weighted by atomic mass is 10.2. The number of amides is 1. The molecular weight excluding hydrogens is 482 g/mol. The molecule has 0 aliphatic rings. The Bertz CT molecular complexity index is 1450. The topological polar surface area (TPSA) is 128 Å². The monoisotopic (exact) mass is 499 g/mol. The Morgan fingerprint density at radius 1 is 1.21 bits per heavy atom. The lowest BCUT2D eigenvalue weighted by Gasteiger charge is -2.13. The lowest BCUT2D eigenvalue weighted by Crippen LogP contribution is -2.23. The number of hydrogen-bond donors (Lipinski definition) is 2. The Labute approximate surface area is 202 Å². The Balaban J connectivity index is 1.64. The summed E-state index contributed by atoms with van der Waals surface area (Å²) in [6.45, 7) is 0. The van der Waals surface area contributed by atoms with E-state index in [1.807, 2.05) is 0 Å². The normalized spacial score (nSPS) is 10.8. The number of anilines is 1. The molecule has 10 nitrogen and oxygen atoms in total. The van der Waals surface area contributed by atoms with Crippen LogP contribution in [-0.4, -0.2) is 51.6 Å². The van der Waals surface area contributed by atoms with Crippen LogP contribution in [-0.2, 0) is 9.53 Å². The predicted molar refractivity (Wildman–Crippen MR) is 128 cm³/mol. The van der Waals surface area contributed by atoms with Gasteiger partial charge in [0.1, 0.15) is 11.1 Å². The molecule has 4 aromatic rings. The first-order valence-electron chi connectivity index (χ1n) is 9.83. The van der Waals surface area contributed by atoms with E-state index in [-0.39, 0.29) is 27.4 Å². The summed E-state index contributed by atoms with van der Waals surface area (Å²) in [5.74, 6) is -0.612. The second kappa shape index (κ2) is 9.98. The average molecular weight is 500 g/mol. The summed E-state index contributed by atoms with van der Waals surface area (Å²) >= 11 is 7.30. The van der Waals surface area contributed by atoms with Gasteiger partial charge in [-0.1, -0.05) is 35.5 Å². The lowest BCUT2D eigenvalue weighted by molar-refractivity contribution is -0.113. The molecule has 2 aromatic carbocycles. The van der Waals surface area contributed by atoms with Gasteiger partial charge in [0.15, 0.2) is 10.8 Å². The molecule has 0 aliphatic heterocycles. The summed E-state index contributed by atoms with van der Waals surface area (Å²) in [7, 11) is 2.75. The smallest absolute Gasteiger partial charge is 0.339 e. The number of halogens is 1. The molecule has 0 saturated carbocycles. The minimum atomic E-state index is -0.569. The second-order valence-electron chi connectivity index (χ2n) is 6.86. The van der Waals surface area contributed by atoms with Crippen molar-refractivity contribution < 1.29 is 19.1 Å². The van der Waals surface area contributed by atoms with E-state index in [0.717, 1.165) is 11.8 Å². The molecule has 0 atom stereocenters. The number of esters is 1. The molecule has 2 N–H and O–H groups in total. The van der Waals surface area contributed by atoms with Crippen molar-refractivity contribution in [2.75, 3.05) is 25.3 Å². The maximum absolute atomic E-state index is 13.2. The van der Waals surface area contributed by atoms with Gasteiger partial charge in [-0.15, -0.1) is 0 Å². The number of nitrogens with one attached hydrogen (secondary N) is 2. The van der Waals surface area contributed by atoms with Crippen LogP contribution in [0.3, 0.4) is 0 Å². The van der Waals surface area contributed by atoms with Crippen LogP contribution in [0.5, 0.6) is 5.75 Å². The van der Waals surface area contributed by atoms with Crippen LogP contribution in [0.1, 0.15) is 10.4 Å². The standard InChI is InChI=1S/C22H18ClN5O5S/c1-32-17-8-7-12(9-15(17)23)28-20(30)14-10-24-27-19(14)26-22(28)34-11-18(29)25-16-6-4-3-5-13(16)21(31)33-2/h3-10H,11H2,1-2H3,(H,24,27)(H,25,29). The van der Waals surface area contributed by atoms with E-state index in [2.05, 4.69) is 20.5 Å². The number of carbonyl (C=O) groups is 2. The summed E-state index contributed by atoms with van der Waals surface area (Å²) < 4.78 is 11.3. The zero-order chi connectivity index (χ0) is 24.2. The number of carbonyl (C=O) groups excluding carboxylic acids is 2. The number of ether oxygens (including phenoxy) is 2. The van der Waals surface area contributed by atoms with E-state index in [1.54, 1.807) is 42.5 Å². The Hall–Kier alpha value is -3.83. The number of fused-ring (bicyclic) bond motifs is 1. The molecule has 0 bridgehead atoms. The van der Waals surface area contributed by atoms with E-state index in [1.165, 1.54) is 25.0 Å². The molecule has 0 saturated heterocycles. The zero-order valence-electron chi connectivity index (χ0n) is 18.0. The molecule has 1 amide bonds. The second-order valence-corrected chi connectivity index (χ2v) is 8.21. The number of aromatic nitrogens is 4. The molecule has 12 heteroatoms. The van der Waals surface area contributed by atoms with Crippen molar-refractivity contribution in [3.63, 3.8) is 0 Å². The number of thioether (sulfide) groups is 1. The number of hydrogen-bond acceptors (Lipinski definition) is 8. The number of H-pyrrole nitrogens is 1. The summed E-state index contributed by atoms with van der Waals surface area (Å²) in [5.41, 5.74) is 0.908. The molecule has 0 fully saturated rings. The highest BCUT2D eigenvalue weighted by Crippen LogP contribution is 2.28. The van der Waals surface area contributed by atoms with Crippen molar-refractivity contribution in [1.29, 1.82) is 0 Å². The van der Waals surface area contributed by atoms with Gasteiger partial charge in [0, 0.05) is 0 Å². The van der Waals surface area contributed by atoms with Crippen molar-refractivity contribution in [2.24, 2.45) is 0 Å². The largest absolute Gasteiger partial charge is 0.495 e. The van der Waals surface area contributed by atoms with Gasteiger partial charge in [0.05, 0.1) is 48.1 Å². The van der Waals surface area contributed by atoms with Gasteiger partial charge < -0.3 is 14.8 Å². The van der Waals surface area contributed by atoms with Crippen LogP contribution < -0.4 is 15.6 Å². The van der Waals surface area contributed by atoms with Gasteiger partial charge in [-0.05, 0) is 30.3 Å². The van der Waals surface area contributed by atoms with Crippen molar-refractivity contribution in [3.8, 4) is 11.4 Å². The van der Waals surface area contributed by atoms with Crippen LogP contribution in [0, 0.1) is 0 Å². The number of para-hydroxylation sites is 1. The first-order chi connectivity index (χ1) is 16.4. The van der Waals surface area contributed by atoms with Gasteiger partial charge in [-0.3, -0.25) is 19.3 Å². The molecule has 174 valence electrons. The molecule has 2 aromatic heterocycles. The highest BCUT2D eigenvalue weighted by Gasteiger charge is 2.18. The van der Waals surface area contributed by atoms with Gasteiger partial charge in [0.25, 0.3) is 5.56 Å². The van der Waals surface area contributed by atoms with E-state index >= 15 is 0 Å². The number of rotatable bonds is 7. The van der Waals surface area contributed by atoms with Gasteiger partial charge in [-0.2, -0.15) is 5.10 Å². The molecule has 0 spiro atoms. The van der Waals surface area contributed by atoms with Crippen molar-refractivity contribution in [2.45, 2.75) is 5.16 Å². The third-order valence-corrected chi connectivity index (χ3v) is 6.02. The summed E-state index contributed by atoms with van der Waals surface area (Å²) in [5, 5.41) is 10.1. The third-order valence-electron chi connectivity index (χ3n) is 4.78. The zero-order valence-corrected chi connectivity index (χ0v) is 19.6. The van der Waals surface area contributed by atoms with E-state index in [0.29, 0.717) is 27.8 Å². The Morgan fingerprint density at radius 2 is 2.00 bits per heavy atom. The van der Waals surface area contributed by atoms with Crippen molar-refractivity contribution >= 4 is 52.0 Å². The predicted octanol–water partition coefficient (Wildman–Crippen LogP) is 3.29. The van der Waals surface area contributed by atoms with Crippen molar-refractivity contribution in [1.82, 2.24) is 19.7 Å². The van der Waals surface area contributed by atoms with Crippen LogP contribution in [0.4, 0.5) is 5.69 Å². The van der Waals surface area contributed by atoms with E-state index in [9.17, 15) is 14.4 Å². The summed E-state index contributed by atoms with van der Waals surface area (Å²) in [6.07, 6.45) is 1.39. The fourth-order valence-corrected chi connectivity index (χ4v) is 4.25. The molecule has 0 radical (unpaired) electrons. The summed E-state index contributed by atoms with van der Waals surface area (Å²) in [4.78, 5) is 42.3. The van der Waals surface area contributed by atoms with Crippen LogP contribution in [0.2, 0.25) is 5.02 Å². The molecule has 2 heterocycles. The first kappa shape index (κ1) is 23.3. The minimum absolute atomic E-state index is 0.0918. The Morgan fingerprint density at radius 3 is 2.74 bits per heavy atom. The summed E-state index contributed by atoms with van der Waals surface area (Å²) in [6, 6.07) is 11.4. The molecule has 0 aliphatic carbocycles. The molecule has 34 heavy (non-hydrogen) atoms. The quantitative estimate of drug-likeness (QED) is 0.225. The number of nitrogens with zero attached hydrogens (tertiary/aromatic N) is 3. The number of benzene rings is 2. The fourth-order valence-electron chi connectivity index (χ4n) is 3.19. The highest BCUT2D eigenvalue weighted by atomic mass is 35.5. The van der Waals surface area contributed by atoms with Crippen LogP contribution >= 0.6 is 23.4 Å². The van der Waals surface area contributed by atoms with Gasteiger partial charge in [-0.25, -0.2) is 9.78 Å². The molecular formula is C22H18ClN5O5S. The van der Waals surface area contributed by atoms with Gasteiger partial charge >= 0.3 is 5.97 Å². The number of aromatic amines is 1. The first-order valence-corrected chi connectivity index (χ1v) is 11.2. The minimum Gasteiger partial charge on any atom is -0.495 e. The van der Waals surface area contributed by atoms with Crippen LogP contribution in [0.15, 0.2) is 58.6 Å². The third kappa shape index (κ3) is 4.61. The van der Waals surface area contributed by atoms with Gasteiger partial charge in [0.2, 0.25) is 5.91 Å². The van der Waals surface area contributed by atoms with Crippen molar-refractivity contribution in [3.05, 3.63) is 69.6 Å². The average Bonchev–Trinajstić information content (AvgIpc) is 3.32. The van der Waals surface area contributed by atoms with Crippen LogP contribution in [0.25, 0.3) is 16.7 Å². The maximum atomic E-state index is 13.2. The maximum Gasteiger partial charge on any atom is 0.339 e. The molecule has 0 unspecified atom stereocenters. The van der Waals surface area contributed by atoms with E-state index < -0.39 is 11.9 Å². The molecule has 4 rings (SSSR count). The fraction of sp³-hybridized carbons (Fsp3) is 0.136. The highest BCUT2D eigenvalue weighted by molar-refractivity contribution is 7.99. The van der Waals surface area contributed by atoms with E-state index in [4.69, 9.17) is 21.1 Å². The number of methoxy groups -OCH3 is 2. The Kier molecular flexibility index (Phi) is 6.85.